The van der Waals surface area contributed by atoms with Gasteiger partial charge >= 0.3 is 0 Å². The van der Waals surface area contributed by atoms with Gasteiger partial charge in [0.05, 0.1) is 5.88 Å². The SMILES string of the molecule is Fc1c(F)c(N2CCCCC2)c(F)c(F)c1NCSCc1ccccc1. The van der Waals surface area contributed by atoms with Crippen molar-refractivity contribution in [3.63, 3.8) is 0 Å². The van der Waals surface area contributed by atoms with Crippen molar-refractivity contribution in [2.45, 2.75) is 25.0 Å². The molecule has 140 valence electrons. The molecule has 0 radical (unpaired) electrons. The highest BCUT2D eigenvalue weighted by Crippen LogP contribution is 2.35. The minimum Gasteiger partial charge on any atom is -0.371 e. The van der Waals surface area contributed by atoms with Gasteiger partial charge in [-0.15, -0.1) is 11.8 Å². The summed E-state index contributed by atoms with van der Waals surface area (Å²) in [6.07, 6.45) is 2.44. The summed E-state index contributed by atoms with van der Waals surface area (Å²) in [5.74, 6) is -4.66. The van der Waals surface area contributed by atoms with Crippen molar-refractivity contribution >= 4 is 23.1 Å². The highest BCUT2D eigenvalue weighted by molar-refractivity contribution is 7.98. The lowest BCUT2D eigenvalue weighted by atomic mass is 10.1. The van der Waals surface area contributed by atoms with E-state index in [0.717, 1.165) is 24.8 Å². The highest BCUT2D eigenvalue weighted by Gasteiger charge is 2.29. The fourth-order valence-corrected chi connectivity index (χ4v) is 3.81. The molecule has 2 aromatic rings. The van der Waals surface area contributed by atoms with Crippen molar-refractivity contribution in [1.82, 2.24) is 0 Å². The van der Waals surface area contributed by atoms with Crippen LogP contribution < -0.4 is 10.2 Å². The van der Waals surface area contributed by atoms with E-state index >= 15 is 0 Å². The fourth-order valence-electron chi connectivity index (χ4n) is 3.04. The van der Waals surface area contributed by atoms with Gasteiger partial charge in [0.2, 0.25) is 0 Å². The first-order chi connectivity index (χ1) is 12.6. The first-order valence-electron chi connectivity index (χ1n) is 8.56. The third-order valence-electron chi connectivity index (χ3n) is 4.38. The molecule has 0 bridgehead atoms. The van der Waals surface area contributed by atoms with E-state index in [1.807, 2.05) is 30.3 Å². The van der Waals surface area contributed by atoms with Gasteiger partial charge in [-0.25, -0.2) is 17.6 Å². The number of thioether (sulfide) groups is 1. The third-order valence-corrected chi connectivity index (χ3v) is 5.26. The van der Waals surface area contributed by atoms with Crippen LogP contribution >= 0.6 is 11.8 Å². The molecule has 1 aliphatic rings. The molecule has 0 aliphatic carbocycles. The molecule has 0 amide bonds. The Labute approximate surface area is 154 Å². The van der Waals surface area contributed by atoms with Gasteiger partial charge in [-0.2, -0.15) is 0 Å². The van der Waals surface area contributed by atoms with Gasteiger partial charge in [0.15, 0.2) is 23.3 Å². The number of halogens is 4. The molecule has 2 aromatic carbocycles. The van der Waals surface area contributed by atoms with Crippen LogP contribution in [0.2, 0.25) is 0 Å². The third kappa shape index (κ3) is 4.09. The van der Waals surface area contributed by atoms with Gasteiger partial charge in [-0.3, -0.25) is 0 Å². The second-order valence-electron chi connectivity index (χ2n) is 6.18. The van der Waals surface area contributed by atoms with Crippen LogP contribution in [0.1, 0.15) is 24.8 Å². The van der Waals surface area contributed by atoms with E-state index in [1.165, 1.54) is 16.7 Å². The number of benzene rings is 2. The van der Waals surface area contributed by atoms with E-state index in [-0.39, 0.29) is 5.88 Å². The van der Waals surface area contributed by atoms with Gasteiger partial charge in [-0.1, -0.05) is 30.3 Å². The first kappa shape index (κ1) is 18.9. The topological polar surface area (TPSA) is 15.3 Å². The molecule has 2 nitrogen and oxygen atoms in total. The van der Waals surface area contributed by atoms with Gasteiger partial charge < -0.3 is 10.2 Å². The number of nitrogens with zero attached hydrogens (tertiary/aromatic N) is 1. The summed E-state index contributed by atoms with van der Waals surface area (Å²) in [5.41, 5.74) is -0.290. The van der Waals surface area contributed by atoms with Crippen molar-refractivity contribution in [2.75, 3.05) is 29.2 Å². The molecule has 0 spiro atoms. The molecule has 1 N–H and O–H groups in total. The van der Waals surface area contributed by atoms with E-state index < -0.39 is 34.6 Å². The maximum Gasteiger partial charge on any atom is 0.187 e. The number of piperidine rings is 1. The van der Waals surface area contributed by atoms with Gasteiger partial charge in [-0.05, 0) is 24.8 Å². The monoisotopic (exact) mass is 384 g/mol. The summed E-state index contributed by atoms with van der Waals surface area (Å²) in [6.45, 7) is 0.791. The molecule has 1 heterocycles. The lowest BCUT2D eigenvalue weighted by Gasteiger charge is -2.30. The predicted molar refractivity (Wildman–Crippen MR) is 98.6 cm³/mol. The zero-order valence-corrected chi connectivity index (χ0v) is 15.0. The Balaban J connectivity index is 1.71. The standard InChI is InChI=1S/C19H20F4N2S/c20-14-16(22)19(25-9-5-2-6-10-25)17(23)15(21)18(14)24-12-26-11-13-7-3-1-4-8-13/h1,3-4,7-8,24H,2,5-6,9-12H2. The molecule has 1 fully saturated rings. The molecule has 1 aliphatic heterocycles. The Morgan fingerprint density at radius 1 is 0.846 bits per heavy atom. The van der Waals surface area contributed by atoms with Crippen LogP contribution in [0.25, 0.3) is 0 Å². The second-order valence-corrected chi connectivity index (χ2v) is 7.17. The number of nitrogens with one attached hydrogen (secondary N) is 1. The van der Waals surface area contributed by atoms with E-state index in [2.05, 4.69) is 5.32 Å². The van der Waals surface area contributed by atoms with Crippen LogP contribution in [-0.4, -0.2) is 19.0 Å². The van der Waals surface area contributed by atoms with E-state index in [1.54, 1.807) is 0 Å². The summed E-state index contributed by atoms with van der Waals surface area (Å²) in [4.78, 5) is 1.38. The molecule has 1 saturated heterocycles. The molecular formula is C19H20F4N2S. The fraction of sp³-hybridized carbons (Fsp3) is 0.368. The summed E-state index contributed by atoms with van der Waals surface area (Å²) in [6, 6.07) is 9.55. The van der Waals surface area contributed by atoms with Crippen LogP contribution in [0, 0.1) is 23.3 Å². The van der Waals surface area contributed by atoms with E-state index in [0.29, 0.717) is 18.8 Å². The molecular weight excluding hydrogens is 364 g/mol. The quantitative estimate of drug-likeness (QED) is 0.305. The second kappa shape index (κ2) is 8.66. The van der Waals surface area contributed by atoms with Crippen molar-refractivity contribution < 1.29 is 17.6 Å². The molecule has 7 heteroatoms. The van der Waals surface area contributed by atoms with Crippen molar-refractivity contribution in [3.05, 3.63) is 59.2 Å². The molecule has 26 heavy (non-hydrogen) atoms. The molecule has 0 atom stereocenters. The van der Waals surface area contributed by atoms with Gasteiger partial charge in [0.1, 0.15) is 11.4 Å². The number of anilines is 2. The van der Waals surface area contributed by atoms with Crippen LogP contribution in [-0.2, 0) is 5.75 Å². The van der Waals surface area contributed by atoms with Crippen molar-refractivity contribution in [1.29, 1.82) is 0 Å². The average molecular weight is 384 g/mol. The van der Waals surface area contributed by atoms with Gasteiger partial charge in [0, 0.05) is 18.8 Å². The van der Waals surface area contributed by atoms with Crippen LogP contribution in [0.4, 0.5) is 28.9 Å². The summed E-state index contributed by atoms with van der Waals surface area (Å²) < 4.78 is 57.4. The minimum atomic E-state index is -1.37. The Bertz CT molecular complexity index is 720. The minimum absolute atomic E-state index is 0.130. The molecule has 0 unspecified atom stereocenters. The number of rotatable bonds is 6. The maximum absolute atomic E-state index is 14.4. The largest absolute Gasteiger partial charge is 0.371 e. The zero-order chi connectivity index (χ0) is 18.5. The smallest absolute Gasteiger partial charge is 0.187 e. The number of hydrogen-bond acceptors (Lipinski definition) is 3. The van der Waals surface area contributed by atoms with Crippen LogP contribution in [0.3, 0.4) is 0 Å². The van der Waals surface area contributed by atoms with E-state index in [4.69, 9.17) is 0 Å². The summed E-state index contributed by atoms with van der Waals surface area (Å²) in [5, 5.41) is 2.48. The summed E-state index contributed by atoms with van der Waals surface area (Å²) in [7, 11) is 0. The van der Waals surface area contributed by atoms with Crippen LogP contribution in [0.15, 0.2) is 30.3 Å². The van der Waals surface area contributed by atoms with Crippen LogP contribution in [0.5, 0.6) is 0 Å². The number of hydrogen-bond donors (Lipinski definition) is 1. The van der Waals surface area contributed by atoms with Crippen molar-refractivity contribution in [3.8, 4) is 0 Å². The lowest BCUT2D eigenvalue weighted by Crippen LogP contribution is -2.32. The Morgan fingerprint density at radius 3 is 2.08 bits per heavy atom. The average Bonchev–Trinajstić information content (AvgIpc) is 2.68. The Kier molecular flexibility index (Phi) is 6.29. The Morgan fingerprint density at radius 2 is 1.46 bits per heavy atom. The highest BCUT2D eigenvalue weighted by atomic mass is 32.2. The molecule has 0 saturated carbocycles. The summed E-state index contributed by atoms with van der Waals surface area (Å²) >= 11 is 1.36. The normalized spacial score (nSPS) is 14.5. The first-order valence-corrected chi connectivity index (χ1v) is 9.71. The predicted octanol–water partition coefficient (Wildman–Crippen LogP) is 5.54. The molecule has 3 rings (SSSR count). The lowest BCUT2D eigenvalue weighted by molar-refractivity contribution is 0.449. The van der Waals surface area contributed by atoms with Crippen molar-refractivity contribution in [2.24, 2.45) is 0 Å². The van der Waals surface area contributed by atoms with E-state index in [9.17, 15) is 17.6 Å². The van der Waals surface area contributed by atoms with Gasteiger partial charge in [0.25, 0.3) is 0 Å². The Hall–Kier alpha value is -1.89. The maximum atomic E-state index is 14.4. The zero-order valence-electron chi connectivity index (χ0n) is 14.2. The molecule has 0 aromatic heterocycles.